The largest absolute Gasteiger partial charge is 0.322 e. The van der Waals surface area contributed by atoms with E-state index >= 15 is 0 Å². The minimum atomic E-state index is -0.230. The molecule has 0 saturated heterocycles. The van der Waals surface area contributed by atoms with E-state index in [1.807, 2.05) is 6.92 Å². The highest BCUT2D eigenvalue weighted by atomic mass is 16.1. The maximum atomic E-state index is 11.7. The summed E-state index contributed by atoms with van der Waals surface area (Å²) in [5, 5.41) is 2.74. The number of carbonyl (C=O) groups excluding carboxylic acids is 1. The van der Waals surface area contributed by atoms with Gasteiger partial charge >= 0.3 is 0 Å². The second-order valence-corrected chi connectivity index (χ2v) is 3.27. The molecule has 0 radical (unpaired) electrons. The van der Waals surface area contributed by atoms with Crippen LogP contribution in [0.5, 0.6) is 0 Å². The van der Waals surface area contributed by atoms with E-state index in [0.717, 1.165) is 5.69 Å². The van der Waals surface area contributed by atoms with Gasteiger partial charge in [0, 0.05) is 30.0 Å². The summed E-state index contributed by atoms with van der Waals surface area (Å²) >= 11 is 0. The Morgan fingerprint density at radius 3 is 2.75 bits per heavy atom. The minimum Gasteiger partial charge on any atom is -0.322 e. The van der Waals surface area contributed by atoms with Crippen LogP contribution in [0.15, 0.2) is 37.1 Å². The molecule has 2 aromatic rings. The fourth-order valence-electron chi connectivity index (χ4n) is 1.24. The fourth-order valence-corrected chi connectivity index (χ4v) is 1.24. The Bertz CT molecular complexity index is 498. The number of rotatable bonds is 2. The molecular formula is C11H10N4O. The maximum absolute atomic E-state index is 11.7. The number of nitrogens with zero attached hydrogens (tertiary/aromatic N) is 3. The molecule has 80 valence electrons. The third-order valence-electron chi connectivity index (χ3n) is 1.98. The van der Waals surface area contributed by atoms with Gasteiger partial charge in [-0.05, 0) is 19.1 Å². The van der Waals surface area contributed by atoms with Crippen LogP contribution in [-0.2, 0) is 0 Å². The highest BCUT2D eigenvalue weighted by Crippen LogP contribution is 2.08. The van der Waals surface area contributed by atoms with E-state index in [2.05, 4.69) is 20.3 Å². The predicted molar refractivity (Wildman–Crippen MR) is 59.0 cm³/mol. The third kappa shape index (κ3) is 2.38. The zero-order valence-corrected chi connectivity index (χ0v) is 8.71. The monoisotopic (exact) mass is 214 g/mol. The second-order valence-electron chi connectivity index (χ2n) is 3.27. The lowest BCUT2D eigenvalue weighted by Crippen LogP contribution is -2.12. The Hall–Kier alpha value is -2.30. The van der Waals surface area contributed by atoms with Crippen molar-refractivity contribution in [3.63, 3.8) is 0 Å². The zero-order valence-electron chi connectivity index (χ0n) is 8.71. The normalized spacial score (nSPS) is 9.81. The highest BCUT2D eigenvalue weighted by molar-refractivity contribution is 6.03. The quantitative estimate of drug-likeness (QED) is 0.821. The maximum Gasteiger partial charge on any atom is 0.258 e. The van der Waals surface area contributed by atoms with Gasteiger partial charge in [-0.2, -0.15) is 0 Å². The smallest absolute Gasteiger partial charge is 0.258 e. The lowest BCUT2D eigenvalue weighted by Gasteiger charge is -2.04. The average Bonchev–Trinajstić information content (AvgIpc) is 2.30. The van der Waals surface area contributed by atoms with Crippen molar-refractivity contribution < 1.29 is 4.79 Å². The van der Waals surface area contributed by atoms with Crippen LogP contribution >= 0.6 is 0 Å². The summed E-state index contributed by atoms with van der Waals surface area (Å²) in [4.78, 5) is 23.3. The molecule has 0 saturated carbocycles. The highest BCUT2D eigenvalue weighted by Gasteiger charge is 2.05. The van der Waals surface area contributed by atoms with Crippen LogP contribution in [0.1, 0.15) is 16.1 Å². The molecule has 16 heavy (non-hydrogen) atoms. The van der Waals surface area contributed by atoms with E-state index in [1.165, 1.54) is 18.7 Å². The minimum absolute atomic E-state index is 0.230. The number of aromatic nitrogens is 3. The Kier molecular flexibility index (Phi) is 2.86. The number of pyridine rings is 1. The Morgan fingerprint density at radius 1 is 1.31 bits per heavy atom. The number of amides is 1. The average molecular weight is 214 g/mol. The Morgan fingerprint density at radius 2 is 2.06 bits per heavy atom. The van der Waals surface area contributed by atoms with Gasteiger partial charge in [-0.3, -0.25) is 9.78 Å². The van der Waals surface area contributed by atoms with E-state index in [0.29, 0.717) is 11.3 Å². The van der Waals surface area contributed by atoms with Crippen molar-refractivity contribution >= 4 is 11.6 Å². The fraction of sp³-hybridized carbons (Fsp3) is 0.0909. The summed E-state index contributed by atoms with van der Waals surface area (Å²) in [5.41, 5.74) is 1.99. The topological polar surface area (TPSA) is 67.8 Å². The lowest BCUT2D eigenvalue weighted by atomic mass is 10.3. The van der Waals surface area contributed by atoms with Crippen molar-refractivity contribution in [2.45, 2.75) is 6.92 Å². The van der Waals surface area contributed by atoms with Gasteiger partial charge < -0.3 is 5.32 Å². The van der Waals surface area contributed by atoms with E-state index in [1.54, 1.807) is 18.3 Å². The molecule has 0 atom stereocenters. The van der Waals surface area contributed by atoms with E-state index in [9.17, 15) is 4.79 Å². The summed E-state index contributed by atoms with van der Waals surface area (Å²) in [6, 6.07) is 3.52. The van der Waals surface area contributed by atoms with Crippen LogP contribution in [0.25, 0.3) is 0 Å². The molecule has 0 bridgehead atoms. The molecule has 5 heteroatoms. The number of hydrogen-bond donors (Lipinski definition) is 1. The van der Waals surface area contributed by atoms with Crippen LogP contribution in [-0.4, -0.2) is 20.9 Å². The first-order valence-electron chi connectivity index (χ1n) is 4.75. The van der Waals surface area contributed by atoms with Gasteiger partial charge in [0.15, 0.2) is 0 Å². The van der Waals surface area contributed by atoms with Crippen molar-refractivity contribution in [2.24, 2.45) is 0 Å². The summed E-state index contributed by atoms with van der Waals surface area (Å²) in [5.74, 6) is -0.230. The molecule has 2 heterocycles. The third-order valence-corrected chi connectivity index (χ3v) is 1.98. The van der Waals surface area contributed by atoms with Crippen LogP contribution in [0.3, 0.4) is 0 Å². The van der Waals surface area contributed by atoms with E-state index in [-0.39, 0.29) is 5.91 Å². The van der Waals surface area contributed by atoms with Crippen molar-refractivity contribution in [1.82, 2.24) is 15.0 Å². The van der Waals surface area contributed by atoms with E-state index < -0.39 is 0 Å². The van der Waals surface area contributed by atoms with Crippen LogP contribution in [0, 0.1) is 6.92 Å². The molecule has 1 N–H and O–H groups in total. The van der Waals surface area contributed by atoms with Crippen molar-refractivity contribution in [2.75, 3.05) is 5.32 Å². The Balaban J connectivity index is 2.14. The SMILES string of the molecule is Cc1cc(NC(=O)c2cncnc2)ccn1. The number of hydrogen-bond acceptors (Lipinski definition) is 4. The van der Waals surface area contributed by atoms with Gasteiger partial charge in [0.25, 0.3) is 5.91 Å². The van der Waals surface area contributed by atoms with Crippen molar-refractivity contribution in [1.29, 1.82) is 0 Å². The molecule has 0 unspecified atom stereocenters. The first-order valence-corrected chi connectivity index (χ1v) is 4.75. The van der Waals surface area contributed by atoms with Crippen molar-refractivity contribution in [3.8, 4) is 0 Å². The van der Waals surface area contributed by atoms with Gasteiger partial charge in [0.05, 0.1) is 5.56 Å². The molecule has 2 rings (SSSR count). The summed E-state index contributed by atoms with van der Waals surface area (Å²) < 4.78 is 0. The summed E-state index contributed by atoms with van der Waals surface area (Å²) in [7, 11) is 0. The number of nitrogens with one attached hydrogen (secondary N) is 1. The number of aryl methyl sites for hydroxylation is 1. The molecule has 0 aromatic carbocycles. The second kappa shape index (κ2) is 4.48. The number of anilines is 1. The summed E-state index contributed by atoms with van der Waals surface area (Å²) in [6.07, 6.45) is 5.96. The van der Waals surface area contributed by atoms with Gasteiger partial charge in [-0.1, -0.05) is 0 Å². The van der Waals surface area contributed by atoms with Gasteiger partial charge in [0.2, 0.25) is 0 Å². The van der Waals surface area contributed by atoms with E-state index in [4.69, 9.17) is 0 Å². The molecule has 2 aromatic heterocycles. The molecular weight excluding hydrogens is 204 g/mol. The molecule has 0 aliphatic heterocycles. The lowest BCUT2D eigenvalue weighted by molar-refractivity contribution is 0.102. The van der Waals surface area contributed by atoms with Crippen molar-refractivity contribution in [3.05, 3.63) is 48.3 Å². The summed E-state index contributed by atoms with van der Waals surface area (Å²) in [6.45, 7) is 1.86. The Labute approximate surface area is 92.6 Å². The number of carbonyl (C=O) groups is 1. The first kappa shape index (κ1) is 10.2. The molecule has 0 spiro atoms. The van der Waals surface area contributed by atoms with Gasteiger partial charge in [-0.25, -0.2) is 9.97 Å². The molecule has 5 nitrogen and oxygen atoms in total. The van der Waals surface area contributed by atoms with Crippen LogP contribution < -0.4 is 5.32 Å². The standard InChI is InChI=1S/C11H10N4O/c1-8-4-10(2-3-14-8)15-11(16)9-5-12-7-13-6-9/h2-7H,1H3,(H,14,15,16). The molecule has 0 aliphatic carbocycles. The molecule has 1 amide bonds. The van der Waals surface area contributed by atoms with Gasteiger partial charge in [0.1, 0.15) is 6.33 Å². The van der Waals surface area contributed by atoms with Crippen LogP contribution in [0.4, 0.5) is 5.69 Å². The van der Waals surface area contributed by atoms with Gasteiger partial charge in [-0.15, -0.1) is 0 Å². The predicted octanol–water partition coefficient (Wildman–Crippen LogP) is 1.43. The first-order chi connectivity index (χ1) is 7.75. The molecule has 0 aliphatic rings. The zero-order chi connectivity index (χ0) is 11.4. The molecule has 0 fully saturated rings. The van der Waals surface area contributed by atoms with Crippen LogP contribution in [0.2, 0.25) is 0 Å².